The Balaban J connectivity index is 1.49. The van der Waals surface area contributed by atoms with E-state index in [2.05, 4.69) is 10.0 Å². The van der Waals surface area contributed by atoms with Crippen LogP contribution in [0.15, 0.2) is 47.4 Å². The van der Waals surface area contributed by atoms with Crippen LogP contribution in [0.4, 0.5) is 5.69 Å². The second-order valence-electron chi connectivity index (χ2n) is 7.26. The zero-order valence-electron chi connectivity index (χ0n) is 17.4. The summed E-state index contributed by atoms with van der Waals surface area (Å²) in [6.07, 6.45) is 2.76. The average molecular weight is 502 g/mol. The fourth-order valence-corrected chi connectivity index (χ4v) is 5.53. The molecule has 0 atom stereocenters. The van der Waals surface area contributed by atoms with Crippen LogP contribution in [0.25, 0.3) is 0 Å². The highest BCUT2D eigenvalue weighted by Crippen LogP contribution is 2.23. The molecule has 1 fully saturated rings. The van der Waals surface area contributed by atoms with Crippen LogP contribution < -0.4 is 14.8 Å². The molecule has 0 spiro atoms. The number of carbonyl (C=O) groups excluding carboxylic acids is 1. The van der Waals surface area contributed by atoms with Crippen LogP contribution in [0, 0.1) is 0 Å². The van der Waals surface area contributed by atoms with E-state index in [0.717, 1.165) is 19.1 Å². The summed E-state index contributed by atoms with van der Waals surface area (Å²) < 4.78 is 56.9. The molecular weight excluding hydrogens is 478 g/mol. The summed E-state index contributed by atoms with van der Waals surface area (Å²) in [5, 5.41) is 2.76. The van der Waals surface area contributed by atoms with Crippen molar-refractivity contribution in [3.63, 3.8) is 0 Å². The Labute approximate surface area is 192 Å². The first kappa shape index (κ1) is 24.3. The number of carbonyl (C=O) groups is 1. The fraction of sp³-hybridized carbons (Fsp3) is 0.350. The van der Waals surface area contributed by atoms with Crippen molar-refractivity contribution in [2.75, 3.05) is 37.2 Å². The predicted molar refractivity (Wildman–Crippen MR) is 122 cm³/mol. The number of anilines is 1. The minimum absolute atomic E-state index is 0.104. The molecule has 1 heterocycles. The molecule has 9 nitrogen and oxygen atoms in total. The number of nitrogens with one attached hydrogen (secondary N) is 2. The molecule has 32 heavy (non-hydrogen) atoms. The molecule has 2 N–H and O–H groups in total. The minimum atomic E-state index is -3.47. The number of hydrogen-bond donors (Lipinski definition) is 2. The van der Waals surface area contributed by atoms with Gasteiger partial charge in [0.1, 0.15) is 12.4 Å². The second-order valence-corrected chi connectivity index (χ2v) is 11.3. The lowest BCUT2D eigenvalue weighted by atomic mass is 10.2. The van der Waals surface area contributed by atoms with Gasteiger partial charge in [-0.15, -0.1) is 0 Å². The summed E-state index contributed by atoms with van der Waals surface area (Å²) in [4.78, 5) is 12.5. The van der Waals surface area contributed by atoms with Gasteiger partial charge in [-0.3, -0.25) is 9.52 Å². The molecule has 0 bridgehead atoms. The second kappa shape index (κ2) is 10.1. The van der Waals surface area contributed by atoms with E-state index in [0.29, 0.717) is 18.8 Å². The summed E-state index contributed by atoms with van der Waals surface area (Å²) in [7, 11) is -6.92. The maximum Gasteiger partial charge on any atom is 0.252 e. The van der Waals surface area contributed by atoms with Crippen molar-refractivity contribution in [2.24, 2.45) is 0 Å². The monoisotopic (exact) mass is 501 g/mol. The van der Waals surface area contributed by atoms with Crippen molar-refractivity contribution in [2.45, 2.75) is 17.7 Å². The minimum Gasteiger partial charge on any atom is -0.492 e. The lowest BCUT2D eigenvalue weighted by Crippen LogP contribution is -2.28. The van der Waals surface area contributed by atoms with Crippen LogP contribution >= 0.6 is 11.6 Å². The molecule has 174 valence electrons. The van der Waals surface area contributed by atoms with Gasteiger partial charge in [-0.2, -0.15) is 4.31 Å². The van der Waals surface area contributed by atoms with Crippen molar-refractivity contribution in [1.29, 1.82) is 0 Å². The van der Waals surface area contributed by atoms with E-state index in [1.807, 2.05) is 0 Å². The SMILES string of the molecule is CS(=O)(=O)Nc1ccc(C(=O)NCCOc2ccc(S(=O)(=O)N3CCCC3)cc2)c(Cl)c1. The quantitative estimate of drug-likeness (QED) is 0.508. The van der Waals surface area contributed by atoms with E-state index in [4.69, 9.17) is 16.3 Å². The third-order valence-corrected chi connectivity index (χ3v) is 7.53. The van der Waals surface area contributed by atoms with Gasteiger partial charge < -0.3 is 10.1 Å². The Morgan fingerprint density at radius 2 is 1.72 bits per heavy atom. The zero-order valence-corrected chi connectivity index (χ0v) is 19.8. The Morgan fingerprint density at radius 1 is 1.06 bits per heavy atom. The number of rotatable bonds is 9. The molecule has 0 unspecified atom stereocenters. The number of benzene rings is 2. The van der Waals surface area contributed by atoms with Crippen LogP contribution in [0.2, 0.25) is 5.02 Å². The fourth-order valence-electron chi connectivity index (χ4n) is 3.19. The first-order valence-electron chi connectivity index (χ1n) is 9.85. The molecule has 1 aliphatic rings. The van der Waals surface area contributed by atoms with Gasteiger partial charge in [0.25, 0.3) is 5.91 Å². The van der Waals surface area contributed by atoms with Crippen LogP contribution in [-0.4, -0.2) is 59.5 Å². The maximum absolute atomic E-state index is 12.5. The number of halogens is 1. The van der Waals surface area contributed by atoms with Crippen molar-refractivity contribution in [3.8, 4) is 5.75 Å². The highest BCUT2D eigenvalue weighted by atomic mass is 35.5. The summed E-state index contributed by atoms with van der Waals surface area (Å²) in [5.74, 6) is 0.0467. The molecule has 0 saturated carbocycles. The third-order valence-electron chi connectivity index (χ3n) is 4.70. The largest absolute Gasteiger partial charge is 0.492 e. The molecule has 2 aromatic rings. The van der Waals surface area contributed by atoms with Gasteiger partial charge in [0.05, 0.1) is 28.3 Å². The van der Waals surface area contributed by atoms with Crippen molar-refractivity contribution in [1.82, 2.24) is 9.62 Å². The molecule has 2 aromatic carbocycles. The summed E-state index contributed by atoms with van der Waals surface area (Å²) >= 11 is 6.08. The number of hydrogen-bond acceptors (Lipinski definition) is 6. The molecule has 3 rings (SSSR count). The van der Waals surface area contributed by atoms with E-state index < -0.39 is 26.0 Å². The molecule has 0 aliphatic carbocycles. The van der Waals surface area contributed by atoms with Crippen molar-refractivity contribution < 1.29 is 26.4 Å². The van der Waals surface area contributed by atoms with Gasteiger partial charge in [-0.1, -0.05) is 11.6 Å². The first-order chi connectivity index (χ1) is 15.1. The van der Waals surface area contributed by atoms with Crippen LogP contribution in [-0.2, 0) is 20.0 Å². The van der Waals surface area contributed by atoms with E-state index in [1.165, 1.54) is 34.6 Å². The Hall–Kier alpha value is -2.34. The van der Waals surface area contributed by atoms with Gasteiger partial charge >= 0.3 is 0 Å². The normalized spacial score (nSPS) is 14.8. The smallest absolute Gasteiger partial charge is 0.252 e. The summed E-state index contributed by atoms with van der Waals surface area (Å²) in [5.41, 5.74) is 0.453. The van der Waals surface area contributed by atoms with Gasteiger partial charge in [0.2, 0.25) is 20.0 Å². The Morgan fingerprint density at radius 3 is 2.31 bits per heavy atom. The van der Waals surface area contributed by atoms with Crippen LogP contribution in [0.3, 0.4) is 0 Å². The average Bonchev–Trinajstić information content (AvgIpc) is 3.26. The summed E-state index contributed by atoms with van der Waals surface area (Å²) in [6.45, 7) is 1.43. The Bertz CT molecular complexity index is 1180. The van der Waals surface area contributed by atoms with Crippen molar-refractivity contribution in [3.05, 3.63) is 53.1 Å². The molecule has 0 radical (unpaired) electrons. The highest BCUT2D eigenvalue weighted by molar-refractivity contribution is 7.92. The van der Waals surface area contributed by atoms with Crippen molar-refractivity contribution >= 4 is 43.2 Å². The van der Waals surface area contributed by atoms with Crippen LogP contribution in [0.5, 0.6) is 5.75 Å². The lowest BCUT2D eigenvalue weighted by molar-refractivity contribution is 0.0947. The molecule has 1 saturated heterocycles. The third kappa shape index (κ3) is 6.35. The van der Waals surface area contributed by atoms with Gasteiger partial charge in [-0.05, 0) is 55.3 Å². The molecular formula is C20H24ClN3O6S2. The number of sulfonamides is 2. The molecule has 12 heteroatoms. The standard InChI is InChI=1S/C20H24ClN3O6S2/c1-31(26,27)23-15-4-9-18(19(21)14-15)20(25)22-10-13-30-16-5-7-17(8-6-16)32(28,29)24-11-2-3-12-24/h4-9,14,23H,2-3,10-13H2,1H3,(H,22,25). The van der Waals surface area contributed by atoms with E-state index in [-0.39, 0.29) is 34.3 Å². The van der Waals surface area contributed by atoms with Gasteiger partial charge in [0.15, 0.2) is 0 Å². The predicted octanol–water partition coefficient (Wildman–Crippen LogP) is 2.30. The van der Waals surface area contributed by atoms with Gasteiger partial charge in [-0.25, -0.2) is 16.8 Å². The maximum atomic E-state index is 12.5. The topological polar surface area (TPSA) is 122 Å². The number of ether oxygens (including phenoxy) is 1. The molecule has 1 amide bonds. The zero-order chi connectivity index (χ0) is 23.4. The number of nitrogens with zero attached hydrogens (tertiary/aromatic N) is 1. The van der Waals surface area contributed by atoms with Crippen LogP contribution in [0.1, 0.15) is 23.2 Å². The van der Waals surface area contributed by atoms with E-state index in [9.17, 15) is 21.6 Å². The lowest BCUT2D eigenvalue weighted by Gasteiger charge is -2.15. The summed E-state index contributed by atoms with van der Waals surface area (Å²) in [6, 6.07) is 10.4. The first-order valence-corrected chi connectivity index (χ1v) is 13.6. The van der Waals surface area contributed by atoms with E-state index >= 15 is 0 Å². The highest BCUT2D eigenvalue weighted by Gasteiger charge is 2.26. The molecule has 1 aliphatic heterocycles. The van der Waals surface area contributed by atoms with Gasteiger partial charge in [0, 0.05) is 18.8 Å². The van der Waals surface area contributed by atoms with E-state index in [1.54, 1.807) is 12.1 Å². The Kier molecular flexibility index (Phi) is 7.65. The molecule has 0 aromatic heterocycles. The number of amides is 1.